The number of rotatable bonds is 7. The van der Waals surface area contributed by atoms with Crippen LogP contribution in [0.1, 0.15) is 5.56 Å². The van der Waals surface area contributed by atoms with Crippen molar-refractivity contribution >= 4 is 29.1 Å². The first-order chi connectivity index (χ1) is 14.0. The van der Waals surface area contributed by atoms with Crippen LogP contribution in [-0.2, 0) is 16.0 Å². The average molecular weight is 423 g/mol. The van der Waals surface area contributed by atoms with Crippen LogP contribution in [0.5, 0.6) is 17.4 Å². The number of methoxy groups -OCH3 is 3. The molecule has 0 unspecified atom stereocenters. The van der Waals surface area contributed by atoms with Crippen molar-refractivity contribution in [3.63, 3.8) is 0 Å². The number of ether oxygens (including phenoxy) is 4. The summed E-state index contributed by atoms with van der Waals surface area (Å²) in [5.41, 5.74) is 1.30. The van der Waals surface area contributed by atoms with E-state index in [9.17, 15) is 4.79 Å². The molecule has 9 nitrogen and oxygen atoms in total. The highest BCUT2D eigenvalue weighted by molar-refractivity contribution is 6.31. The quantitative estimate of drug-likeness (QED) is 0.726. The van der Waals surface area contributed by atoms with Crippen LogP contribution in [0.4, 0.5) is 11.6 Å². The Morgan fingerprint density at radius 2 is 1.90 bits per heavy atom. The third-order valence-electron chi connectivity index (χ3n) is 4.46. The lowest BCUT2D eigenvalue weighted by atomic mass is 10.1. The Morgan fingerprint density at radius 3 is 2.55 bits per heavy atom. The first-order valence-electron chi connectivity index (χ1n) is 8.99. The third-order valence-corrected chi connectivity index (χ3v) is 4.72. The molecule has 0 saturated carbocycles. The van der Waals surface area contributed by atoms with Crippen LogP contribution in [-0.4, -0.2) is 68.4 Å². The fourth-order valence-electron chi connectivity index (χ4n) is 2.96. The van der Waals surface area contributed by atoms with E-state index in [-0.39, 0.29) is 24.2 Å². The SMILES string of the molecule is COc1cc(Nc2ncc(Cl)c(OC)n2)c(OC)cc1CC(=O)N1CCOCC1. The molecular formula is C19H23ClN4O5. The van der Waals surface area contributed by atoms with Gasteiger partial charge in [-0.15, -0.1) is 0 Å². The molecule has 1 aliphatic heterocycles. The van der Waals surface area contributed by atoms with Crippen molar-refractivity contribution in [1.29, 1.82) is 0 Å². The Labute approximate surface area is 173 Å². The van der Waals surface area contributed by atoms with Gasteiger partial charge in [0.1, 0.15) is 16.5 Å². The van der Waals surface area contributed by atoms with Crippen molar-refractivity contribution in [3.05, 3.63) is 28.9 Å². The molecule has 156 valence electrons. The zero-order valence-electron chi connectivity index (χ0n) is 16.5. The number of aromatic nitrogens is 2. The maximum Gasteiger partial charge on any atom is 0.237 e. The number of carbonyl (C=O) groups excluding carboxylic acids is 1. The van der Waals surface area contributed by atoms with Crippen LogP contribution in [0.15, 0.2) is 18.3 Å². The lowest BCUT2D eigenvalue weighted by Crippen LogP contribution is -2.41. The van der Waals surface area contributed by atoms with Gasteiger partial charge in [-0.25, -0.2) is 4.98 Å². The second kappa shape index (κ2) is 9.62. The van der Waals surface area contributed by atoms with E-state index in [0.29, 0.717) is 48.5 Å². The fraction of sp³-hybridized carbons (Fsp3) is 0.421. The second-order valence-electron chi connectivity index (χ2n) is 6.21. The molecule has 1 fully saturated rings. The predicted octanol–water partition coefficient (Wildman–Crippen LogP) is 2.30. The molecular weight excluding hydrogens is 400 g/mol. The summed E-state index contributed by atoms with van der Waals surface area (Å²) < 4.78 is 21.4. The zero-order valence-corrected chi connectivity index (χ0v) is 17.3. The van der Waals surface area contributed by atoms with Gasteiger partial charge in [0.15, 0.2) is 0 Å². The standard InChI is InChI=1S/C19H23ClN4O5/c1-26-15-10-14(22-19-21-11-13(20)18(23-19)28-3)16(27-2)8-12(15)9-17(25)24-4-6-29-7-5-24/h8,10-11H,4-7,9H2,1-3H3,(H,21,22,23). The van der Waals surface area contributed by atoms with Crippen molar-refractivity contribution in [2.24, 2.45) is 0 Å². The van der Waals surface area contributed by atoms with Gasteiger partial charge in [0.2, 0.25) is 17.7 Å². The van der Waals surface area contributed by atoms with Gasteiger partial charge >= 0.3 is 0 Å². The molecule has 1 amide bonds. The van der Waals surface area contributed by atoms with Gasteiger partial charge in [-0.05, 0) is 6.07 Å². The van der Waals surface area contributed by atoms with Crippen LogP contribution in [0, 0.1) is 0 Å². The Hall–Kier alpha value is -2.78. The molecule has 1 aromatic heterocycles. The van der Waals surface area contributed by atoms with Crippen LogP contribution in [0.3, 0.4) is 0 Å². The molecule has 0 spiro atoms. The molecule has 0 bridgehead atoms. The second-order valence-corrected chi connectivity index (χ2v) is 6.62. The summed E-state index contributed by atoms with van der Waals surface area (Å²) in [6.45, 7) is 2.29. The molecule has 1 aliphatic rings. The smallest absolute Gasteiger partial charge is 0.237 e. The highest BCUT2D eigenvalue weighted by Gasteiger charge is 2.20. The molecule has 10 heteroatoms. The monoisotopic (exact) mass is 422 g/mol. The zero-order chi connectivity index (χ0) is 20.8. The van der Waals surface area contributed by atoms with E-state index in [4.69, 9.17) is 30.5 Å². The minimum absolute atomic E-state index is 0.0140. The van der Waals surface area contributed by atoms with Crippen molar-refractivity contribution < 1.29 is 23.7 Å². The third kappa shape index (κ3) is 4.99. The normalized spacial score (nSPS) is 13.7. The molecule has 0 aliphatic carbocycles. The average Bonchev–Trinajstić information content (AvgIpc) is 2.76. The summed E-state index contributed by atoms with van der Waals surface area (Å²) >= 11 is 5.97. The minimum atomic E-state index is 0.0140. The van der Waals surface area contributed by atoms with Crippen LogP contribution in [0.25, 0.3) is 0 Å². The molecule has 0 atom stereocenters. The van der Waals surface area contributed by atoms with E-state index >= 15 is 0 Å². The lowest BCUT2D eigenvalue weighted by Gasteiger charge is -2.27. The molecule has 1 N–H and O–H groups in total. The molecule has 2 aromatic rings. The summed E-state index contributed by atoms with van der Waals surface area (Å²) in [6.07, 6.45) is 1.64. The summed E-state index contributed by atoms with van der Waals surface area (Å²) in [5.74, 6) is 1.62. The van der Waals surface area contributed by atoms with E-state index in [1.54, 1.807) is 31.3 Å². The van der Waals surface area contributed by atoms with Gasteiger partial charge in [0.05, 0.1) is 52.8 Å². The molecule has 1 saturated heterocycles. The Morgan fingerprint density at radius 1 is 1.17 bits per heavy atom. The number of halogens is 1. The number of benzene rings is 1. The minimum Gasteiger partial charge on any atom is -0.496 e. The number of morpholine rings is 1. The molecule has 3 rings (SSSR count). The summed E-state index contributed by atoms with van der Waals surface area (Å²) in [6, 6.07) is 3.51. The van der Waals surface area contributed by atoms with Gasteiger partial charge in [-0.1, -0.05) is 11.6 Å². The van der Waals surface area contributed by atoms with Crippen LogP contribution < -0.4 is 19.5 Å². The molecule has 1 aromatic carbocycles. The van der Waals surface area contributed by atoms with Crippen molar-refractivity contribution in [2.75, 3.05) is 52.9 Å². The highest BCUT2D eigenvalue weighted by atomic mass is 35.5. The van der Waals surface area contributed by atoms with Crippen molar-refractivity contribution in [2.45, 2.75) is 6.42 Å². The maximum atomic E-state index is 12.6. The number of nitrogens with zero attached hydrogens (tertiary/aromatic N) is 3. The molecule has 2 heterocycles. The van der Waals surface area contributed by atoms with E-state index in [1.807, 2.05) is 0 Å². The van der Waals surface area contributed by atoms with Gasteiger partial charge in [0, 0.05) is 24.7 Å². The first-order valence-corrected chi connectivity index (χ1v) is 9.37. The fourth-order valence-corrected chi connectivity index (χ4v) is 3.13. The van der Waals surface area contributed by atoms with Gasteiger partial charge < -0.3 is 29.2 Å². The van der Waals surface area contributed by atoms with Crippen LogP contribution >= 0.6 is 11.6 Å². The Bertz CT molecular complexity index is 874. The number of carbonyl (C=O) groups is 1. The van der Waals surface area contributed by atoms with E-state index in [2.05, 4.69) is 15.3 Å². The summed E-state index contributed by atoms with van der Waals surface area (Å²) in [4.78, 5) is 22.8. The summed E-state index contributed by atoms with van der Waals surface area (Å²) in [7, 11) is 4.57. The van der Waals surface area contributed by atoms with Crippen LogP contribution in [0.2, 0.25) is 5.02 Å². The summed E-state index contributed by atoms with van der Waals surface area (Å²) in [5, 5.41) is 3.37. The molecule has 0 radical (unpaired) electrons. The van der Waals surface area contributed by atoms with Crippen molar-refractivity contribution in [3.8, 4) is 17.4 Å². The Kier molecular flexibility index (Phi) is 6.95. The van der Waals surface area contributed by atoms with E-state index in [0.717, 1.165) is 5.56 Å². The lowest BCUT2D eigenvalue weighted by molar-refractivity contribution is -0.134. The number of nitrogens with one attached hydrogen (secondary N) is 1. The Balaban J connectivity index is 1.84. The highest BCUT2D eigenvalue weighted by Crippen LogP contribution is 2.35. The van der Waals surface area contributed by atoms with Crippen molar-refractivity contribution in [1.82, 2.24) is 14.9 Å². The topological polar surface area (TPSA) is 95.0 Å². The van der Waals surface area contributed by atoms with Gasteiger partial charge in [0.25, 0.3) is 0 Å². The predicted molar refractivity (Wildman–Crippen MR) is 108 cm³/mol. The number of hydrogen-bond donors (Lipinski definition) is 1. The number of amides is 1. The molecule has 29 heavy (non-hydrogen) atoms. The maximum absolute atomic E-state index is 12.6. The number of anilines is 2. The number of hydrogen-bond acceptors (Lipinski definition) is 8. The van der Waals surface area contributed by atoms with E-state index < -0.39 is 0 Å². The van der Waals surface area contributed by atoms with Gasteiger partial charge in [-0.2, -0.15) is 4.98 Å². The largest absolute Gasteiger partial charge is 0.496 e. The van der Waals surface area contributed by atoms with E-state index in [1.165, 1.54) is 13.3 Å². The van der Waals surface area contributed by atoms with Gasteiger partial charge in [-0.3, -0.25) is 4.79 Å². The first kappa shape index (κ1) is 20.9.